The van der Waals surface area contributed by atoms with E-state index in [1.807, 2.05) is 0 Å². The topological polar surface area (TPSA) is 12.0 Å². The van der Waals surface area contributed by atoms with Crippen LogP contribution < -0.4 is 5.32 Å². The number of nitrogens with one attached hydrogen (secondary N) is 1. The van der Waals surface area contributed by atoms with Crippen LogP contribution in [0.2, 0.25) is 0 Å². The average Bonchev–Trinajstić information content (AvgIpc) is 2.46. The summed E-state index contributed by atoms with van der Waals surface area (Å²) < 4.78 is 0. The largest absolute Gasteiger partial charge is 0.313 e. The third-order valence-corrected chi connectivity index (χ3v) is 4.98. The maximum Gasteiger partial charge on any atom is 0.00700 e. The molecule has 0 aliphatic heterocycles. The van der Waals surface area contributed by atoms with Gasteiger partial charge in [-0.3, -0.25) is 0 Å². The van der Waals surface area contributed by atoms with Gasteiger partial charge in [0.05, 0.1) is 0 Å². The van der Waals surface area contributed by atoms with Crippen LogP contribution in [0.25, 0.3) is 0 Å². The molecule has 2 rings (SSSR count). The molecule has 2 unspecified atom stereocenters. The van der Waals surface area contributed by atoms with Crippen molar-refractivity contribution < 1.29 is 0 Å². The van der Waals surface area contributed by atoms with Gasteiger partial charge in [-0.05, 0) is 36.7 Å². The van der Waals surface area contributed by atoms with Crippen LogP contribution in [0.3, 0.4) is 0 Å². The summed E-state index contributed by atoms with van der Waals surface area (Å²) in [4.78, 5) is 0. The molecular weight excluding hydrogens is 254 g/mol. The first-order valence-corrected chi connectivity index (χ1v) is 8.76. The van der Waals surface area contributed by atoms with E-state index < -0.39 is 0 Å². The van der Waals surface area contributed by atoms with Crippen LogP contribution in [0.1, 0.15) is 65.4 Å². The molecular formula is C20H33N. The highest BCUT2D eigenvalue weighted by Gasteiger charge is 2.25. The van der Waals surface area contributed by atoms with Gasteiger partial charge in [0.15, 0.2) is 0 Å². The predicted octanol–water partition coefficient (Wildman–Crippen LogP) is 5.16. The Hall–Kier alpha value is -0.820. The molecule has 1 N–H and O–H groups in total. The van der Waals surface area contributed by atoms with Crippen molar-refractivity contribution in [1.29, 1.82) is 0 Å². The summed E-state index contributed by atoms with van der Waals surface area (Å²) in [7, 11) is 0. The third-order valence-electron chi connectivity index (χ3n) is 4.98. The van der Waals surface area contributed by atoms with E-state index in [2.05, 4.69) is 63.3 Å². The summed E-state index contributed by atoms with van der Waals surface area (Å²) >= 11 is 0. The molecule has 1 aliphatic carbocycles. The molecule has 1 aromatic rings. The maximum absolute atomic E-state index is 3.86. The fourth-order valence-corrected chi connectivity index (χ4v) is 3.75. The molecule has 1 saturated carbocycles. The number of benzene rings is 1. The lowest BCUT2D eigenvalue weighted by atomic mass is 9.80. The highest BCUT2D eigenvalue weighted by atomic mass is 14.9. The second-order valence-corrected chi connectivity index (χ2v) is 7.99. The van der Waals surface area contributed by atoms with Crippen LogP contribution in [-0.2, 0) is 5.41 Å². The van der Waals surface area contributed by atoms with E-state index in [4.69, 9.17) is 0 Å². The number of hydrogen-bond donors (Lipinski definition) is 1. The van der Waals surface area contributed by atoms with Crippen LogP contribution >= 0.6 is 0 Å². The minimum atomic E-state index is 0.215. The second kappa shape index (κ2) is 7.45. The van der Waals surface area contributed by atoms with Crippen molar-refractivity contribution in [1.82, 2.24) is 5.32 Å². The van der Waals surface area contributed by atoms with Crippen molar-refractivity contribution >= 4 is 0 Å². The summed E-state index contributed by atoms with van der Waals surface area (Å²) in [6.07, 6.45) is 6.99. The van der Waals surface area contributed by atoms with E-state index in [0.29, 0.717) is 0 Å². The van der Waals surface area contributed by atoms with E-state index in [0.717, 1.165) is 24.4 Å². The Morgan fingerprint density at radius 3 is 2.52 bits per heavy atom. The van der Waals surface area contributed by atoms with Crippen molar-refractivity contribution in [2.24, 2.45) is 11.8 Å². The van der Waals surface area contributed by atoms with E-state index in [1.54, 1.807) is 0 Å². The summed E-state index contributed by atoms with van der Waals surface area (Å²) in [5, 5.41) is 3.86. The zero-order valence-corrected chi connectivity index (χ0v) is 14.4. The molecule has 1 nitrogen and oxygen atoms in total. The van der Waals surface area contributed by atoms with Crippen LogP contribution in [-0.4, -0.2) is 12.6 Å². The van der Waals surface area contributed by atoms with E-state index in [1.165, 1.54) is 37.7 Å². The summed E-state index contributed by atoms with van der Waals surface area (Å²) in [6.45, 7) is 10.5. The molecule has 21 heavy (non-hydrogen) atoms. The first-order valence-electron chi connectivity index (χ1n) is 8.76. The van der Waals surface area contributed by atoms with Crippen LogP contribution in [0.15, 0.2) is 30.3 Å². The van der Waals surface area contributed by atoms with E-state index in [-0.39, 0.29) is 5.41 Å². The van der Waals surface area contributed by atoms with E-state index >= 15 is 0 Å². The smallest absolute Gasteiger partial charge is 0.00700 e. The molecule has 118 valence electrons. The van der Waals surface area contributed by atoms with Gasteiger partial charge in [-0.2, -0.15) is 0 Å². The van der Waals surface area contributed by atoms with Crippen molar-refractivity contribution in [2.75, 3.05) is 6.54 Å². The lowest BCUT2D eigenvalue weighted by Crippen LogP contribution is -2.41. The first-order chi connectivity index (χ1) is 9.97. The fraction of sp³-hybridized carbons (Fsp3) is 0.700. The molecule has 0 radical (unpaired) electrons. The minimum Gasteiger partial charge on any atom is -0.313 e. The normalized spacial score (nSPS) is 23.5. The van der Waals surface area contributed by atoms with Gasteiger partial charge in [-0.1, -0.05) is 70.9 Å². The SMILES string of the molecule is CC(C)CC1CCCC(NCC(C)(C)c2ccccc2)C1. The van der Waals surface area contributed by atoms with Crippen LogP contribution in [0, 0.1) is 11.8 Å². The van der Waals surface area contributed by atoms with Gasteiger partial charge >= 0.3 is 0 Å². The van der Waals surface area contributed by atoms with Gasteiger partial charge in [0.2, 0.25) is 0 Å². The van der Waals surface area contributed by atoms with Crippen LogP contribution in [0.5, 0.6) is 0 Å². The molecule has 0 bridgehead atoms. The monoisotopic (exact) mass is 287 g/mol. The highest BCUT2D eigenvalue weighted by molar-refractivity contribution is 5.23. The van der Waals surface area contributed by atoms with Crippen molar-refractivity contribution in [3.05, 3.63) is 35.9 Å². The predicted molar refractivity (Wildman–Crippen MR) is 92.7 cm³/mol. The molecule has 2 atom stereocenters. The Bertz CT molecular complexity index is 407. The molecule has 0 aromatic heterocycles. The Labute approximate surface area is 131 Å². The van der Waals surface area contributed by atoms with Gasteiger partial charge in [0, 0.05) is 18.0 Å². The quantitative estimate of drug-likeness (QED) is 0.762. The highest BCUT2D eigenvalue weighted by Crippen LogP contribution is 2.30. The molecule has 0 heterocycles. The lowest BCUT2D eigenvalue weighted by Gasteiger charge is -2.34. The summed E-state index contributed by atoms with van der Waals surface area (Å²) in [5.41, 5.74) is 1.65. The third kappa shape index (κ3) is 5.14. The molecule has 1 aliphatic rings. The Morgan fingerprint density at radius 2 is 1.86 bits per heavy atom. The van der Waals surface area contributed by atoms with Gasteiger partial charge in [-0.25, -0.2) is 0 Å². The molecule has 1 heteroatoms. The van der Waals surface area contributed by atoms with Gasteiger partial charge < -0.3 is 5.32 Å². The first kappa shape index (κ1) is 16.5. The Kier molecular flexibility index (Phi) is 5.87. The number of hydrogen-bond acceptors (Lipinski definition) is 1. The van der Waals surface area contributed by atoms with Crippen LogP contribution in [0.4, 0.5) is 0 Å². The van der Waals surface area contributed by atoms with Crippen molar-refractivity contribution in [3.63, 3.8) is 0 Å². The molecule has 0 amide bonds. The van der Waals surface area contributed by atoms with Crippen molar-refractivity contribution in [3.8, 4) is 0 Å². The summed E-state index contributed by atoms with van der Waals surface area (Å²) in [5.74, 6) is 1.78. The van der Waals surface area contributed by atoms with Crippen molar-refractivity contribution in [2.45, 2.75) is 71.3 Å². The fourth-order valence-electron chi connectivity index (χ4n) is 3.75. The van der Waals surface area contributed by atoms with Gasteiger partial charge in [-0.15, -0.1) is 0 Å². The minimum absolute atomic E-state index is 0.215. The summed E-state index contributed by atoms with van der Waals surface area (Å²) in [6, 6.07) is 11.6. The molecule has 1 fully saturated rings. The molecule has 0 spiro atoms. The van der Waals surface area contributed by atoms with E-state index in [9.17, 15) is 0 Å². The standard InChI is InChI=1S/C20H33N/c1-16(2)13-17-9-8-12-19(14-17)21-15-20(3,4)18-10-6-5-7-11-18/h5-7,10-11,16-17,19,21H,8-9,12-15H2,1-4H3. The van der Waals surface area contributed by atoms with Gasteiger partial charge in [0.1, 0.15) is 0 Å². The average molecular weight is 287 g/mol. The zero-order chi connectivity index (χ0) is 15.3. The Balaban J connectivity index is 1.84. The number of rotatable bonds is 6. The second-order valence-electron chi connectivity index (χ2n) is 7.99. The zero-order valence-electron chi connectivity index (χ0n) is 14.4. The molecule has 0 saturated heterocycles. The molecule has 1 aromatic carbocycles. The Morgan fingerprint density at radius 1 is 1.14 bits per heavy atom. The maximum atomic E-state index is 3.86. The van der Waals surface area contributed by atoms with Gasteiger partial charge in [0.25, 0.3) is 0 Å². The lowest BCUT2D eigenvalue weighted by molar-refractivity contribution is 0.244.